The Morgan fingerprint density at radius 1 is 1.33 bits per heavy atom. The first-order valence-corrected chi connectivity index (χ1v) is 9.00. The Bertz CT molecular complexity index is 754. The minimum Gasteiger partial charge on any atom is -0.480 e. The van der Waals surface area contributed by atoms with E-state index in [1.54, 1.807) is 29.7 Å². The maximum Gasteiger partial charge on any atom is 0.326 e. The van der Waals surface area contributed by atoms with Gasteiger partial charge in [0.2, 0.25) is 0 Å². The van der Waals surface area contributed by atoms with Crippen molar-refractivity contribution >= 4 is 23.2 Å². The van der Waals surface area contributed by atoms with Crippen LogP contribution in [0.2, 0.25) is 0 Å². The average molecular weight is 346 g/mol. The maximum absolute atomic E-state index is 13.0. The summed E-state index contributed by atoms with van der Waals surface area (Å²) in [5, 5.41) is 10.3. The van der Waals surface area contributed by atoms with Gasteiger partial charge < -0.3 is 14.4 Å². The molecule has 1 N–H and O–H groups in total. The Labute approximate surface area is 143 Å². The van der Waals surface area contributed by atoms with Gasteiger partial charge in [-0.05, 0) is 31.2 Å². The largest absolute Gasteiger partial charge is 0.480 e. The highest BCUT2D eigenvalue weighted by atomic mass is 32.1. The van der Waals surface area contributed by atoms with E-state index in [2.05, 4.69) is 4.98 Å². The van der Waals surface area contributed by atoms with E-state index in [4.69, 9.17) is 4.42 Å². The number of carboxylic acid groups (broad SMARTS) is 1. The fourth-order valence-corrected chi connectivity index (χ4v) is 4.84. The number of fused-ring (bicyclic) bond motifs is 1. The summed E-state index contributed by atoms with van der Waals surface area (Å²) in [6.07, 6.45) is 9.35. The zero-order chi connectivity index (χ0) is 16.7. The summed E-state index contributed by atoms with van der Waals surface area (Å²) in [5.41, 5.74) is 0.825. The van der Waals surface area contributed by atoms with Crippen molar-refractivity contribution in [3.05, 3.63) is 29.7 Å². The van der Waals surface area contributed by atoms with Gasteiger partial charge in [0.1, 0.15) is 22.2 Å². The maximum atomic E-state index is 13.0. The lowest BCUT2D eigenvalue weighted by Crippen LogP contribution is -2.46. The molecule has 0 bridgehead atoms. The number of hydrogen-bond donors (Lipinski definition) is 1. The van der Waals surface area contributed by atoms with E-state index in [0.717, 1.165) is 31.2 Å². The standard InChI is InChI=1S/C17H18N2O4S/c20-16(14-8-18-15(24-14)11-5-6-23-9-11)19-12-4-2-1-3-10(12)7-13(19)17(21)22/h5-6,8-10,12-13H,1-4,7H2,(H,21,22)/t10-,12+,13-/m0/s1. The van der Waals surface area contributed by atoms with Crippen molar-refractivity contribution in [2.45, 2.75) is 44.2 Å². The van der Waals surface area contributed by atoms with Crippen LogP contribution in [0.3, 0.4) is 0 Å². The number of aliphatic carboxylic acids is 1. The summed E-state index contributed by atoms with van der Waals surface area (Å²) in [6, 6.07) is 1.12. The van der Waals surface area contributed by atoms with E-state index in [1.807, 2.05) is 0 Å². The van der Waals surface area contributed by atoms with Gasteiger partial charge in [-0.3, -0.25) is 4.79 Å². The molecule has 3 atom stereocenters. The Morgan fingerprint density at radius 2 is 2.17 bits per heavy atom. The molecule has 1 saturated heterocycles. The fraction of sp³-hybridized carbons (Fsp3) is 0.471. The lowest BCUT2D eigenvalue weighted by molar-refractivity contribution is -0.141. The molecule has 1 amide bonds. The summed E-state index contributed by atoms with van der Waals surface area (Å²) in [7, 11) is 0. The molecule has 2 aliphatic rings. The summed E-state index contributed by atoms with van der Waals surface area (Å²) < 4.78 is 5.05. The van der Waals surface area contributed by atoms with Crippen LogP contribution in [0.25, 0.3) is 10.6 Å². The van der Waals surface area contributed by atoms with Crippen molar-refractivity contribution in [3.63, 3.8) is 0 Å². The molecule has 4 rings (SSSR count). The monoisotopic (exact) mass is 346 g/mol. The van der Waals surface area contributed by atoms with Crippen LogP contribution < -0.4 is 0 Å². The molecule has 6 nitrogen and oxygen atoms in total. The van der Waals surface area contributed by atoms with Crippen molar-refractivity contribution in [3.8, 4) is 10.6 Å². The van der Waals surface area contributed by atoms with Crippen molar-refractivity contribution in [1.29, 1.82) is 0 Å². The van der Waals surface area contributed by atoms with Gasteiger partial charge in [-0.1, -0.05) is 12.8 Å². The van der Waals surface area contributed by atoms with Crippen LogP contribution in [0.4, 0.5) is 0 Å². The minimum absolute atomic E-state index is 0.0480. The van der Waals surface area contributed by atoms with E-state index in [1.165, 1.54) is 11.3 Å². The number of thiazole rings is 1. The first kappa shape index (κ1) is 15.4. The molecule has 0 spiro atoms. The second kappa shape index (κ2) is 6.05. The van der Waals surface area contributed by atoms with E-state index in [0.29, 0.717) is 22.2 Å². The molecule has 1 aliphatic carbocycles. The highest BCUT2D eigenvalue weighted by molar-refractivity contribution is 7.16. The normalized spacial score (nSPS) is 26.3. The molecule has 2 aromatic rings. The van der Waals surface area contributed by atoms with E-state index >= 15 is 0 Å². The Kier molecular flexibility index (Phi) is 3.88. The van der Waals surface area contributed by atoms with Gasteiger partial charge in [0.05, 0.1) is 12.5 Å². The second-order valence-electron chi connectivity index (χ2n) is 6.46. The fourth-order valence-electron chi connectivity index (χ4n) is 3.99. The van der Waals surface area contributed by atoms with Gasteiger partial charge in [0.25, 0.3) is 5.91 Å². The van der Waals surface area contributed by atoms with Gasteiger partial charge in [0, 0.05) is 11.6 Å². The van der Waals surface area contributed by atoms with E-state index in [-0.39, 0.29) is 11.9 Å². The SMILES string of the molecule is O=C(O)[C@@H]1C[C@@H]2CCCC[C@H]2N1C(=O)c1cnc(-c2ccoc2)s1. The molecule has 2 aromatic heterocycles. The summed E-state index contributed by atoms with van der Waals surface area (Å²) in [5.74, 6) is -0.800. The number of furan rings is 1. The number of aromatic nitrogens is 1. The molecule has 1 aliphatic heterocycles. The van der Waals surface area contributed by atoms with Gasteiger partial charge in [-0.15, -0.1) is 11.3 Å². The molecule has 24 heavy (non-hydrogen) atoms. The predicted octanol–water partition coefficient (Wildman–Crippen LogP) is 3.26. The topological polar surface area (TPSA) is 83.6 Å². The summed E-state index contributed by atoms with van der Waals surface area (Å²) in [4.78, 5) is 31.1. The zero-order valence-corrected chi connectivity index (χ0v) is 13.9. The van der Waals surface area contributed by atoms with Gasteiger partial charge in [-0.2, -0.15) is 0 Å². The highest BCUT2D eigenvalue weighted by Crippen LogP contribution is 2.41. The summed E-state index contributed by atoms with van der Waals surface area (Å²) >= 11 is 1.28. The third-order valence-corrected chi connectivity index (χ3v) is 6.13. The Morgan fingerprint density at radius 3 is 2.92 bits per heavy atom. The van der Waals surface area contributed by atoms with Crippen LogP contribution in [-0.2, 0) is 4.79 Å². The molecule has 7 heteroatoms. The summed E-state index contributed by atoms with van der Waals surface area (Å²) in [6.45, 7) is 0. The zero-order valence-electron chi connectivity index (χ0n) is 13.1. The number of likely N-dealkylation sites (tertiary alicyclic amines) is 1. The minimum atomic E-state index is -0.905. The van der Waals surface area contributed by atoms with Gasteiger partial charge in [0.15, 0.2) is 0 Å². The smallest absolute Gasteiger partial charge is 0.326 e. The van der Waals surface area contributed by atoms with E-state index < -0.39 is 12.0 Å². The molecular weight excluding hydrogens is 328 g/mol. The van der Waals surface area contributed by atoms with Crippen LogP contribution in [0, 0.1) is 5.92 Å². The molecule has 0 aromatic carbocycles. The number of carbonyl (C=O) groups is 2. The highest BCUT2D eigenvalue weighted by Gasteiger charge is 2.48. The molecule has 126 valence electrons. The third kappa shape index (κ3) is 2.53. The van der Waals surface area contributed by atoms with Crippen LogP contribution in [0.15, 0.2) is 29.2 Å². The molecule has 3 heterocycles. The molecule has 2 fully saturated rings. The molecule has 0 unspecified atom stereocenters. The van der Waals surface area contributed by atoms with E-state index in [9.17, 15) is 14.7 Å². The van der Waals surface area contributed by atoms with Crippen molar-refractivity contribution in [1.82, 2.24) is 9.88 Å². The third-order valence-electron chi connectivity index (χ3n) is 5.09. The Balaban J connectivity index is 1.63. The van der Waals surface area contributed by atoms with Crippen molar-refractivity contribution < 1.29 is 19.1 Å². The van der Waals surface area contributed by atoms with Crippen molar-refractivity contribution in [2.75, 3.05) is 0 Å². The number of hydrogen-bond acceptors (Lipinski definition) is 5. The number of carboxylic acids is 1. The number of nitrogens with zero attached hydrogens (tertiary/aromatic N) is 2. The first-order valence-electron chi connectivity index (χ1n) is 8.19. The first-order chi connectivity index (χ1) is 11.6. The quantitative estimate of drug-likeness (QED) is 0.922. The van der Waals surface area contributed by atoms with Crippen LogP contribution >= 0.6 is 11.3 Å². The van der Waals surface area contributed by atoms with Crippen LogP contribution in [0.1, 0.15) is 41.8 Å². The van der Waals surface area contributed by atoms with Gasteiger partial charge >= 0.3 is 5.97 Å². The lowest BCUT2D eigenvalue weighted by atomic mass is 9.85. The van der Waals surface area contributed by atoms with Gasteiger partial charge in [-0.25, -0.2) is 9.78 Å². The molecule has 1 saturated carbocycles. The number of rotatable bonds is 3. The average Bonchev–Trinajstić information content (AvgIpc) is 3.31. The lowest BCUT2D eigenvalue weighted by Gasteiger charge is -2.32. The number of carbonyl (C=O) groups excluding carboxylic acids is 1. The second-order valence-corrected chi connectivity index (χ2v) is 7.49. The van der Waals surface area contributed by atoms with Crippen LogP contribution in [-0.4, -0.2) is 39.0 Å². The number of amides is 1. The molecular formula is C17H18N2O4S. The predicted molar refractivity (Wildman–Crippen MR) is 87.8 cm³/mol. The van der Waals surface area contributed by atoms with Crippen molar-refractivity contribution in [2.24, 2.45) is 5.92 Å². The molecule has 0 radical (unpaired) electrons. The van der Waals surface area contributed by atoms with Crippen LogP contribution in [0.5, 0.6) is 0 Å². The Hall–Kier alpha value is -2.15.